The number of hydrogen-bond acceptors (Lipinski definition) is 3. The molecule has 0 N–H and O–H groups in total. The van der Waals surface area contributed by atoms with Crippen LogP contribution in [0.15, 0.2) is 176 Å². The summed E-state index contributed by atoms with van der Waals surface area (Å²) in [5.41, 5.74) is 11.5. The Labute approximate surface area is 311 Å². The molecule has 2 aliphatic carbocycles. The molecule has 0 saturated heterocycles. The Bertz CT molecular complexity index is 3020. The number of hydrogen-bond donors (Lipinski definition) is 0. The molecule has 0 bridgehead atoms. The Morgan fingerprint density at radius 1 is 0.509 bits per heavy atom. The van der Waals surface area contributed by atoms with Gasteiger partial charge in [-0.25, -0.2) is 9.97 Å². The fourth-order valence-corrected chi connectivity index (χ4v) is 9.70. The van der Waals surface area contributed by atoms with E-state index in [1.165, 1.54) is 54.1 Å². The van der Waals surface area contributed by atoms with Crippen LogP contribution in [0.5, 0.6) is 0 Å². The molecule has 2 heterocycles. The Morgan fingerprint density at radius 2 is 1.23 bits per heavy atom. The predicted molar refractivity (Wildman–Crippen MR) is 225 cm³/mol. The van der Waals surface area contributed by atoms with E-state index in [1.807, 2.05) is 0 Å². The van der Waals surface area contributed by atoms with Crippen LogP contribution < -0.4 is 0 Å². The summed E-state index contributed by atoms with van der Waals surface area (Å²) < 4.78 is 2.33. The Balaban J connectivity index is 1.22. The summed E-state index contributed by atoms with van der Waals surface area (Å²) in [5.74, 6) is 1.35. The van der Waals surface area contributed by atoms with Gasteiger partial charge in [-0.05, 0) is 79.2 Å². The van der Waals surface area contributed by atoms with E-state index in [0.717, 1.165) is 43.8 Å². The Hall–Kier alpha value is -6.42. The fraction of sp³-hybridized carbons (Fsp3) is 0.0400. The zero-order valence-corrected chi connectivity index (χ0v) is 29.6. The van der Waals surface area contributed by atoms with E-state index in [2.05, 4.69) is 182 Å². The number of rotatable bonds is 4. The molecule has 0 radical (unpaired) electrons. The molecule has 3 heteroatoms. The lowest BCUT2D eigenvalue weighted by Crippen LogP contribution is -2.14. The van der Waals surface area contributed by atoms with Crippen LogP contribution in [0, 0.1) is 5.92 Å². The minimum atomic E-state index is 0.277. The second-order valence-corrected chi connectivity index (χ2v) is 15.1. The van der Waals surface area contributed by atoms with Crippen molar-refractivity contribution >= 4 is 59.3 Å². The van der Waals surface area contributed by atoms with Gasteiger partial charge in [-0.2, -0.15) is 0 Å². The SMILES string of the molecule is C1=CC2C=Cc3cccc(-c4cc(-c5nc(-c6ccccc6)c6sc7ccccc7c6n5)cc(-c5cccc6ccc7ccccc7c56)c4)c3C2C=C1. The standard InChI is InChI=1S/C50H32N2S/c1-2-14-35(15-3-1)47-49-48(43-20-8-9-23-44(43)53-49)52-50(51-47)38-29-36(41-21-10-16-33-26-24-31-12-4-6-18-39(31)45(33)41)28-37(30-38)42-22-11-17-34-27-25-32-13-5-7-19-40(32)46(34)42/h1-31,39H. The average Bonchev–Trinajstić information content (AvgIpc) is 3.61. The highest BCUT2D eigenvalue weighted by atomic mass is 32.1. The highest BCUT2D eigenvalue weighted by Gasteiger charge is 2.27. The van der Waals surface area contributed by atoms with Gasteiger partial charge in [-0.3, -0.25) is 0 Å². The zero-order chi connectivity index (χ0) is 34.9. The molecule has 11 rings (SSSR count). The van der Waals surface area contributed by atoms with Crippen molar-refractivity contribution in [3.05, 3.63) is 187 Å². The van der Waals surface area contributed by atoms with Crippen molar-refractivity contribution in [2.24, 2.45) is 5.92 Å². The molecule has 2 nitrogen and oxygen atoms in total. The Kier molecular flexibility index (Phi) is 6.89. The molecule has 0 saturated carbocycles. The molecule has 248 valence electrons. The van der Waals surface area contributed by atoms with Gasteiger partial charge in [0.05, 0.1) is 15.9 Å². The summed E-state index contributed by atoms with van der Waals surface area (Å²) in [6, 6.07) is 52.8. The first-order chi connectivity index (χ1) is 26.3. The number of nitrogens with zero attached hydrogens (tertiary/aromatic N) is 2. The molecule has 2 aromatic heterocycles. The van der Waals surface area contributed by atoms with Crippen LogP contribution in [-0.4, -0.2) is 9.97 Å². The van der Waals surface area contributed by atoms with Crippen LogP contribution in [0.2, 0.25) is 0 Å². The molecule has 0 aliphatic heterocycles. The summed E-state index contributed by atoms with van der Waals surface area (Å²) in [4.78, 5) is 10.9. The molecular formula is C50H32N2S. The maximum Gasteiger partial charge on any atom is 0.160 e. The van der Waals surface area contributed by atoms with Gasteiger partial charge >= 0.3 is 0 Å². The van der Waals surface area contributed by atoms with Crippen LogP contribution in [-0.2, 0) is 0 Å². The first-order valence-corrected chi connectivity index (χ1v) is 19.1. The lowest BCUT2D eigenvalue weighted by Gasteiger charge is -2.30. The van der Waals surface area contributed by atoms with E-state index in [0.29, 0.717) is 5.92 Å². The second-order valence-electron chi connectivity index (χ2n) is 14.1. The van der Waals surface area contributed by atoms with Gasteiger partial charge in [0.2, 0.25) is 0 Å². The third-order valence-corrected chi connectivity index (χ3v) is 12.2. The van der Waals surface area contributed by atoms with Gasteiger partial charge in [-0.1, -0.05) is 158 Å². The zero-order valence-electron chi connectivity index (χ0n) is 28.8. The van der Waals surface area contributed by atoms with E-state index in [4.69, 9.17) is 9.97 Å². The van der Waals surface area contributed by atoms with Crippen molar-refractivity contribution in [2.75, 3.05) is 0 Å². The van der Waals surface area contributed by atoms with Crippen LogP contribution in [0.4, 0.5) is 0 Å². The maximum atomic E-state index is 5.44. The summed E-state index contributed by atoms with van der Waals surface area (Å²) in [6.45, 7) is 0. The van der Waals surface area contributed by atoms with E-state index in [-0.39, 0.29) is 5.92 Å². The highest BCUT2D eigenvalue weighted by Crippen LogP contribution is 2.46. The minimum Gasteiger partial charge on any atom is -0.226 e. The summed E-state index contributed by atoms with van der Waals surface area (Å²) in [6.07, 6.45) is 13.7. The van der Waals surface area contributed by atoms with Gasteiger partial charge in [0.15, 0.2) is 5.82 Å². The third-order valence-electron chi connectivity index (χ3n) is 11.0. The first kappa shape index (κ1) is 30.2. The van der Waals surface area contributed by atoms with Crippen molar-refractivity contribution < 1.29 is 0 Å². The van der Waals surface area contributed by atoms with E-state index >= 15 is 0 Å². The van der Waals surface area contributed by atoms with Crippen molar-refractivity contribution in [1.82, 2.24) is 9.97 Å². The number of fused-ring (bicyclic) bond motifs is 9. The molecule has 2 aliphatic rings. The van der Waals surface area contributed by atoms with E-state index in [1.54, 1.807) is 11.3 Å². The summed E-state index contributed by atoms with van der Waals surface area (Å²) >= 11 is 1.77. The van der Waals surface area contributed by atoms with Crippen molar-refractivity contribution in [1.29, 1.82) is 0 Å². The normalized spacial score (nSPS) is 16.1. The molecule has 2 atom stereocenters. The summed E-state index contributed by atoms with van der Waals surface area (Å²) in [5, 5.41) is 6.15. The molecule has 53 heavy (non-hydrogen) atoms. The lowest BCUT2D eigenvalue weighted by atomic mass is 9.74. The average molecular weight is 693 g/mol. The second kappa shape index (κ2) is 12.1. The van der Waals surface area contributed by atoms with Crippen molar-refractivity contribution in [3.8, 4) is 44.9 Å². The Morgan fingerprint density at radius 3 is 2.15 bits per heavy atom. The van der Waals surface area contributed by atoms with Crippen LogP contribution in [0.25, 0.3) is 92.8 Å². The maximum absolute atomic E-state index is 5.44. The number of aromatic nitrogens is 2. The van der Waals surface area contributed by atoms with E-state index < -0.39 is 0 Å². The highest BCUT2D eigenvalue weighted by molar-refractivity contribution is 7.26. The van der Waals surface area contributed by atoms with Gasteiger partial charge in [-0.15, -0.1) is 11.3 Å². The third kappa shape index (κ3) is 4.92. The topological polar surface area (TPSA) is 25.8 Å². The van der Waals surface area contributed by atoms with Crippen molar-refractivity contribution in [3.63, 3.8) is 0 Å². The number of allylic oxidation sites excluding steroid dienone is 5. The van der Waals surface area contributed by atoms with Crippen molar-refractivity contribution in [2.45, 2.75) is 5.92 Å². The lowest BCUT2D eigenvalue weighted by molar-refractivity contribution is 0.693. The van der Waals surface area contributed by atoms with Crippen LogP contribution >= 0.6 is 11.3 Å². The van der Waals surface area contributed by atoms with Crippen LogP contribution in [0.1, 0.15) is 17.0 Å². The smallest absolute Gasteiger partial charge is 0.160 e. The van der Waals surface area contributed by atoms with Crippen LogP contribution in [0.3, 0.4) is 0 Å². The molecule has 9 aromatic rings. The largest absolute Gasteiger partial charge is 0.226 e. The molecule has 7 aromatic carbocycles. The summed E-state index contributed by atoms with van der Waals surface area (Å²) in [7, 11) is 0. The molecular weight excluding hydrogens is 661 g/mol. The first-order valence-electron chi connectivity index (χ1n) is 18.2. The fourth-order valence-electron chi connectivity index (χ4n) is 8.54. The predicted octanol–water partition coefficient (Wildman–Crippen LogP) is 13.7. The molecule has 0 spiro atoms. The van der Waals surface area contributed by atoms with E-state index in [9.17, 15) is 0 Å². The molecule has 2 unspecified atom stereocenters. The van der Waals surface area contributed by atoms with Gasteiger partial charge in [0.1, 0.15) is 0 Å². The monoisotopic (exact) mass is 692 g/mol. The molecule has 0 fully saturated rings. The van der Waals surface area contributed by atoms with Gasteiger partial charge in [0.25, 0.3) is 0 Å². The number of benzene rings is 7. The minimum absolute atomic E-state index is 0.277. The molecule has 0 amide bonds. The van der Waals surface area contributed by atoms with Gasteiger partial charge in [0, 0.05) is 33.0 Å². The van der Waals surface area contributed by atoms with Gasteiger partial charge < -0.3 is 0 Å². The quantitative estimate of drug-likeness (QED) is 0.172. The number of thiophene rings is 1.